The quantitative estimate of drug-likeness (QED) is 0.328. The Morgan fingerprint density at radius 2 is 1.75 bits per heavy atom. The van der Waals surface area contributed by atoms with Crippen molar-refractivity contribution in [3.05, 3.63) is 93.2 Å². The lowest BCUT2D eigenvalue weighted by Crippen LogP contribution is -2.37. The molecule has 0 saturated heterocycles. The first-order valence-electron chi connectivity index (χ1n) is 12.8. The number of halogens is 1. The molecule has 0 aliphatic carbocycles. The van der Waals surface area contributed by atoms with Gasteiger partial charge in [-0.05, 0) is 74.2 Å². The van der Waals surface area contributed by atoms with Gasteiger partial charge in [-0.3, -0.25) is 9.59 Å². The van der Waals surface area contributed by atoms with Crippen LogP contribution >= 0.6 is 0 Å². The van der Waals surface area contributed by atoms with Crippen LogP contribution in [0.5, 0.6) is 0 Å². The van der Waals surface area contributed by atoms with Crippen molar-refractivity contribution in [2.75, 3.05) is 12.4 Å². The van der Waals surface area contributed by atoms with Gasteiger partial charge in [-0.25, -0.2) is 21.7 Å². The highest BCUT2D eigenvalue weighted by molar-refractivity contribution is 7.90. The van der Waals surface area contributed by atoms with Gasteiger partial charge in [0.1, 0.15) is 5.82 Å². The topological polar surface area (TPSA) is 123 Å². The smallest absolute Gasteiger partial charge is 0.250 e. The molecular formula is C29H35FN2O6S2. The van der Waals surface area contributed by atoms with E-state index in [-0.39, 0.29) is 41.2 Å². The standard InChI is InChI=1S/C29H35FN2O6S2/c1-6-40(37,38)18-19-7-12-22(28(35)20-8-10-21(30)11-9-20)23(15-19)25-17-32(5)27(34)16-24(25)26(13-14-33)31-39(36)29(2,3)4/h7-12,15-17,26,31,33H,6,13-14,18H2,1-5H3/t26-,39-/m0/s1. The molecule has 0 amide bonds. The number of hydrogen-bond acceptors (Lipinski definition) is 6. The van der Waals surface area contributed by atoms with Gasteiger partial charge in [0.05, 0.1) is 21.5 Å². The lowest BCUT2D eigenvalue weighted by atomic mass is 9.88. The van der Waals surface area contributed by atoms with Gasteiger partial charge in [0.25, 0.3) is 5.56 Å². The molecule has 0 aliphatic heterocycles. The third kappa shape index (κ3) is 7.60. The van der Waals surface area contributed by atoms with Crippen molar-refractivity contribution in [3.63, 3.8) is 0 Å². The average Bonchev–Trinajstić information content (AvgIpc) is 2.89. The SMILES string of the molecule is CCS(=O)(=O)Cc1ccc(C(=O)c2ccc(F)cc2)c(-c2cn(C)c(=O)cc2[C@H](CCO)N[S@@](=O)C(C)(C)C)c1. The lowest BCUT2D eigenvalue weighted by molar-refractivity contribution is 0.103. The fourth-order valence-electron chi connectivity index (χ4n) is 4.09. The first kappa shape index (κ1) is 31.5. The maximum absolute atomic E-state index is 13.7. The minimum atomic E-state index is -3.41. The number of sulfone groups is 1. The number of benzene rings is 2. The number of pyridine rings is 1. The van der Waals surface area contributed by atoms with Crippen molar-refractivity contribution in [2.45, 2.75) is 50.7 Å². The first-order chi connectivity index (χ1) is 18.7. The van der Waals surface area contributed by atoms with E-state index in [1.165, 1.54) is 41.0 Å². The molecular weight excluding hydrogens is 555 g/mol. The molecule has 0 spiro atoms. The summed E-state index contributed by atoms with van der Waals surface area (Å²) in [4.78, 5) is 26.5. The van der Waals surface area contributed by atoms with Gasteiger partial charge in [-0.2, -0.15) is 0 Å². The molecule has 1 aromatic heterocycles. The number of nitrogens with zero attached hydrogens (tertiary/aromatic N) is 1. The summed E-state index contributed by atoms with van der Waals surface area (Å²) < 4.78 is 55.2. The molecule has 0 saturated carbocycles. The number of aliphatic hydroxyl groups is 1. The maximum Gasteiger partial charge on any atom is 0.250 e. The summed E-state index contributed by atoms with van der Waals surface area (Å²) in [5.41, 5.74) is 1.71. The zero-order valence-corrected chi connectivity index (χ0v) is 24.9. The Morgan fingerprint density at radius 3 is 2.33 bits per heavy atom. The Hall–Kier alpha value is -2.99. The number of rotatable bonds is 11. The predicted molar refractivity (Wildman–Crippen MR) is 156 cm³/mol. The lowest BCUT2D eigenvalue weighted by Gasteiger charge is -2.26. The van der Waals surface area contributed by atoms with Crippen LogP contribution in [0.3, 0.4) is 0 Å². The van der Waals surface area contributed by atoms with E-state index in [0.717, 1.165) is 0 Å². The summed E-state index contributed by atoms with van der Waals surface area (Å²) in [6.45, 7) is 6.63. The Balaban J connectivity index is 2.32. The van der Waals surface area contributed by atoms with Gasteiger partial charge in [0.2, 0.25) is 0 Å². The number of aryl methyl sites for hydroxylation is 1. The van der Waals surface area contributed by atoms with E-state index in [1.807, 2.05) is 0 Å². The number of carbonyl (C=O) groups is 1. The van der Waals surface area contributed by atoms with Gasteiger partial charge in [-0.1, -0.05) is 19.1 Å². The van der Waals surface area contributed by atoms with E-state index < -0.39 is 43.2 Å². The summed E-state index contributed by atoms with van der Waals surface area (Å²) in [5, 5.41) is 9.84. The zero-order chi connectivity index (χ0) is 29.8. The fraction of sp³-hybridized carbons (Fsp3) is 0.379. The molecule has 2 N–H and O–H groups in total. The Morgan fingerprint density at radius 1 is 1.10 bits per heavy atom. The normalized spacial score (nSPS) is 13.7. The van der Waals surface area contributed by atoms with Gasteiger partial charge < -0.3 is 9.67 Å². The Labute approximate surface area is 236 Å². The summed E-state index contributed by atoms with van der Waals surface area (Å²) >= 11 is 0. The van der Waals surface area contributed by atoms with Crippen LogP contribution in [-0.2, 0) is 33.6 Å². The van der Waals surface area contributed by atoms with E-state index >= 15 is 0 Å². The average molecular weight is 591 g/mol. The summed E-state index contributed by atoms with van der Waals surface area (Å²) in [6, 6.07) is 10.4. The van der Waals surface area contributed by atoms with Crippen molar-refractivity contribution < 1.29 is 26.9 Å². The van der Waals surface area contributed by atoms with Crippen molar-refractivity contribution in [1.82, 2.24) is 9.29 Å². The molecule has 40 heavy (non-hydrogen) atoms. The molecule has 3 rings (SSSR count). The highest BCUT2D eigenvalue weighted by Crippen LogP contribution is 2.34. The molecule has 2 aromatic carbocycles. The van der Waals surface area contributed by atoms with Gasteiger partial charge in [0, 0.05) is 54.4 Å². The second-order valence-corrected chi connectivity index (χ2v) is 14.9. The van der Waals surface area contributed by atoms with E-state index in [9.17, 15) is 31.7 Å². The monoisotopic (exact) mass is 590 g/mol. The third-order valence-electron chi connectivity index (χ3n) is 6.41. The minimum absolute atomic E-state index is 0.0647. The van der Waals surface area contributed by atoms with Crippen molar-refractivity contribution in [3.8, 4) is 11.1 Å². The largest absolute Gasteiger partial charge is 0.396 e. The van der Waals surface area contributed by atoms with E-state index in [1.54, 1.807) is 53.1 Å². The van der Waals surface area contributed by atoms with Crippen LogP contribution in [0.4, 0.5) is 4.39 Å². The molecule has 1 heterocycles. The molecule has 11 heteroatoms. The number of hydrogen-bond donors (Lipinski definition) is 2. The molecule has 0 bridgehead atoms. The molecule has 0 radical (unpaired) electrons. The van der Waals surface area contributed by atoms with E-state index in [4.69, 9.17) is 0 Å². The van der Waals surface area contributed by atoms with Crippen LogP contribution in [0.2, 0.25) is 0 Å². The number of aliphatic hydroxyl groups excluding tert-OH is 1. The maximum atomic E-state index is 13.7. The van der Waals surface area contributed by atoms with Crippen LogP contribution in [0.1, 0.15) is 67.2 Å². The summed E-state index contributed by atoms with van der Waals surface area (Å²) in [6.07, 6.45) is 1.66. The Kier molecular flexibility index (Phi) is 9.99. The molecule has 0 aliphatic rings. The highest BCUT2D eigenvalue weighted by atomic mass is 32.2. The second kappa shape index (κ2) is 12.7. The Bertz CT molecular complexity index is 1580. The van der Waals surface area contributed by atoms with E-state index in [2.05, 4.69) is 4.72 Å². The second-order valence-electron chi connectivity index (χ2n) is 10.5. The molecule has 3 aromatic rings. The summed E-state index contributed by atoms with van der Waals surface area (Å²) in [7, 11) is -3.43. The number of aromatic nitrogens is 1. The van der Waals surface area contributed by atoms with Crippen LogP contribution < -0.4 is 10.3 Å². The van der Waals surface area contributed by atoms with Crippen LogP contribution in [0, 0.1) is 5.82 Å². The molecule has 8 nitrogen and oxygen atoms in total. The molecule has 0 unspecified atom stereocenters. The third-order valence-corrected chi connectivity index (χ3v) is 9.67. The molecule has 2 atom stereocenters. The zero-order valence-electron chi connectivity index (χ0n) is 23.2. The number of nitrogens with one attached hydrogen (secondary N) is 1. The molecule has 216 valence electrons. The van der Waals surface area contributed by atoms with Crippen molar-refractivity contribution in [2.24, 2.45) is 7.05 Å². The van der Waals surface area contributed by atoms with Crippen LogP contribution in [0.15, 0.2) is 59.5 Å². The van der Waals surface area contributed by atoms with Crippen molar-refractivity contribution >= 4 is 26.6 Å². The number of ketones is 1. The van der Waals surface area contributed by atoms with Gasteiger partial charge >= 0.3 is 0 Å². The van der Waals surface area contributed by atoms with Crippen LogP contribution in [-0.4, -0.2) is 45.2 Å². The predicted octanol–water partition coefficient (Wildman–Crippen LogP) is 3.83. The fourth-order valence-corrected chi connectivity index (χ4v) is 5.83. The number of carbonyl (C=O) groups excluding carboxylic acids is 1. The van der Waals surface area contributed by atoms with Gasteiger partial charge in [0.15, 0.2) is 15.6 Å². The van der Waals surface area contributed by atoms with Gasteiger partial charge in [-0.15, -0.1) is 0 Å². The minimum Gasteiger partial charge on any atom is -0.396 e. The first-order valence-corrected chi connectivity index (χ1v) is 15.8. The van der Waals surface area contributed by atoms with Crippen LogP contribution in [0.25, 0.3) is 11.1 Å². The highest BCUT2D eigenvalue weighted by Gasteiger charge is 2.27. The molecule has 0 fully saturated rings. The van der Waals surface area contributed by atoms with Crippen molar-refractivity contribution in [1.29, 1.82) is 0 Å². The van der Waals surface area contributed by atoms with E-state index in [0.29, 0.717) is 22.3 Å². The summed E-state index contributed by atoms with van der Waals surface area (Å²) in [5.74, 6) is -1.24.